The van der Waals surface area contributed by atoms with Crippen molar-refractivity contribution in [3.63, 3.8) is 0 Å². The van der Waals surface area contributed by atoms with E-state index >= 15 is 0 Å². The SMILES string of the molecule is CC(=O)OCCC1=C(C)N(N)CS1. The van der Waals surface area contributed by atoms with Crippen LogP contribution < -0.4 is 5.84 Å². The second kappa shape index (κ2) is 4.53. The van der Waals surface area contributed by atoms with Crippen molar-refractivity contribution in [2.75, 3.05) is 12.5 Å². The van der Waals surface area contributed by atoms with Gasteiger partial charge in [0.1, 0.15) is 0 Å². The van der Waals surface area contributed by atoms with Gasteiger partial charge in [0.15, 0.2) is 0 Å². The number of allylic oxidation sites excluding steroid dienone is 1. The molecule has 4 nitrogen and oxygen atoms in total. The maximum absolute atomic E-state index is 10.5. The summed E-state index contributed by atoms with van der Waals surface area (Å²) in [6.07, 6.45) is 0.768. The lowest BCUT2D eigenvalue weighted by Crippen LogP contribution is -2.25. The second-order valence-electron chi connectivity index (χ2n) is 2.84. The van der Waals surface area contributed by atoms with E-state index in [1.54, 1.807) is 16.8 Å². The Kier molecular flexibility index (Phi) is 3.62. The maximum atomic E-state index is 10.5. The molecule has 1 aliphatic heterocycles. The summed E-state index contributed by atoms with van der Waals surface area (Å²) in [4.78, 5) is 11.7. The van der Waals surface area contributed by atoms with Crippen molar-refractivity contribution in [2.45, 2.75) is 20.3 Å². The van der Waals surface area contributed by atoms with Gasteiger partial charge in [-0.2, -0.15) is 0 Å². The van der Waals surface area contributed by atoms with E-state index in [9.17, 15) is 4.79 Å². The van der Waals surface area contributed by atoms with E-state index in [1.165, 1.54) is 11.8 Å². The quantitative estimate of drug-likeness (QED) is 0.547. The topological polar surface area (TPSA) is 55.6 Å². The van der Waals surface area contributed by atoms with Crippen LogP contribution in [0.1, 0.15) is 20.3 Å². The van der Waals surface area contributed by atoms with Crippen LogP contribution in [0.5, 0.6) is 0 Å². The van der Waals surface area contributed by atoms with Crippen LogP contribution in [0.15, 0.2) is 10.6 Å². The summed E-state index contributed by atoms with van der Waals surface area (Å²) >= 11 is 1.70. The molecule has 0 saturated carbocycles. The molecule has 0 aromatic carbocycles. The first kappa shape index (κ1) is 10.4. The summed E-state index contributed by atoms with van der Waals surface area (Å²) in [6.45, 7) is 3.84. The van der Waals surface area contributed by atoms with E-state index in [2.05, 4.69) is 0 Å². The fraction of sp³-hybridized carbons (Fsp3) is 0.625. The zero-order valence-electron chi connectivity index (χ0n) is 7.87. The molecule has 0 aromatic rings. The van der Waals surface area contributed by atoms with Crippen LogP contribution >= 0.6 is 11.8 Å². The highest BCUT2D eigenvalue weighted by atomic mass is 32.2. The molecule has 0 amide bonds. The molecule has 2 N–H and O–H groups in total. The summed E-state index contributed by atoms with van der Waals surface area (Å²) in [6, 6.07) is 0. The molecule has 0 spiro atoms. The number of ether oxygens (including phenoxy) is 1. The van der Waals surface area contributed by atoms with Gasteiger partial charge >= 0.3 is 5.97 Å². The Balaban J connectivity index is 2.33. The summed E-state index contributed by atoms with van der Waals surface area (Å²) in [5.74, 6) is 6.21. The van der Waals surface area contributed by atoms with Crippen molar-refractivity contribution >= 4 is 17.7 Å². The van der Waals surface area contributed by atoms with Crippen LogP contribution in [0.25, 0.3) is 0 Å². The van der Waals surface area contributed by atoms with Gasteiger partial charge in [0.2, 0.25) is 0 Å². The minimum atomic E-state index is -0.231. The van der Waals surface area contributed by atoms with Crippen molar-refractivity contribution < 1.29 is 9.53 Å². The molecule has 0 unspecified atom stereocenters. The van der Waals surface area contributed by atoms with Gasteiger partial charge in [-0.25, -0.2) is 5.84 Å². The van der Waals surface area contributed by atoms with Crippen molar-refractivity contribution in [3.05, 3.63) is 10.6 Å². The molecule has 0 atom stereocenters. The first-order valence-electron chi connectivity index (χ1n) is 4.09. The number of carbonyl (C=O) groups is 1. The van der Waals surface area contributed by atoms with Gasteiger partial charge in [-0.1, -0.05) is 0 Å². The van der Waals surface area contributed by atoms with E-state index in [-0.39, 0.29) is 5.97 Å². The van der Waals surface area contributed by atoms with Gasteiger partial charge < -0.3 is 9.75 Å². The molecule has 0 radical (unpaired) electrons. The van der Waals surface area contributed by atoms with Crippen molar-refractivity contribution in [1.29, 1.82) is 0 Å². The van der Waals surface area contributed by atoms with Gasteiger partial charge in [0.05, 0.1) is 12.5 Å². The molecule has 0 bridgehead atoms. The van der Waals surface area contributed by atoms with Crippen molar-refractivity contribution in [2.24, 2.45) is 5.84 Å². The summed E-state index contributed by atoms with van der Waals surface area (Å²) in [7, 11) is 0. The molecule has 0 saturated heterocycles. The highest BCUT2D eigenvalue weighted by molar-refractivity contribution is 8.03. The first-order valence-corrected chi connectivity index (χ1v) is 5.08. The fourth-order valence-electron chi connectivity index (χ4n) is 1.05. The van der Waals surface area contributed by atoms with E-state index in [0.29, 0.717) is 6.61 Å². The molecule has 5 heteroatoms. The van der Waals surface area contributed by atoms with E-state index in [4.69, 9.17) is 10.6 Å². The highest BCUT2D eigenvalue weighted by Crippen LogP contribution is 2.31. The van der Waals surface area contributed by atoms with Crippen LogP contribution in [0, 0.1) is 0 Å². The predicted octanol–water partition coefficient (Wildman–Crippen LogP) is 1.05. The predicted molar refractivity (Wildman–Crippen MR) is 52.4 cm³/mol. The number of rotatable bonds is 3. The van der Waals surface area contributed by atoms with E-state index in [1.807, 2.05) is 6.92 Å². The van der Waals surface area contributed by atoms with Crippen LogP contribution in [0.2, 0.25) is 0 Å². The Morgan fingerprint density at radius 1 is 1.77 bits per heavy atom. The van der Waals surface area contributed by atoms with Gasteiger partial charge in [-0.3, -0.25) is 4.79 Å². The second-order valence-corrected chi connectivity index (χ2v) is 3.88. The molecule has 74 valence electrons. The average Bonchev–Trinajstić information content (AvgIpc) is 2.35. The molecule has 13 heavy (non-hydrogen) atoms. The van der Waals surface area contributed by atoms with Crippen LogP contribution in [-0.2, 0) is 9.53 Å². The number of hydrogen-bond donors (Lipinski definition) is 1. The smallest absolute Gasteiger partial charge is 0.302 e. The Morgan fingerprint density at radius 2 is 2.46 bits per heavy atom. The van der Waals surface area contributed by atoms with E-state index in [0.717, 1.165) is 18.0 Å². The van der Waals surface area contributed by atoms with Gasteiger partial charge in [0.25, 0.3) is 0 Å². The Morgan fingerprint density at radius 3 is 2.92 bits per heavy atom. The number of esters is 1. The number of hydrazine groups is 1. The van der Waals surface area contributed by atoms with Gasteiger partial charge in [-0.15, -0.1) is 11.8 Å². The minimum absolute atomic E-state index is 0.231. The molecular formula is C8H14N2O2S. The molecule has 1 heterocycles. The lowest BCUT2D eigenvalue weighted by atomic mass is 10.3. The lowest BCUT2D eigenvalue weighted by molar-refractivity contribution is -0.140. The third kappa shape index (κ3) is 2.93. The number of hydrogen-bond acceptors (Lipinski definition) is 5. The standard InChI is InChI=1S/C8H14N2O2S/c1-6-8(13-5-10(6)9)3-4-12-7(2)11/h3-5,9H2,1-2H3. The molecular weight excluding hydrogens is 188 g/mol. The third-order valence-electron chi connectivity index (χ3n) is 1.85. The number of carbonyl (C=O) groups excluding carboxylic acids is 1. The Bertz CT molecular complexity index is 240. The normalized spacial score (nSPS) is 16.7. The minimum Gasteiger partial charge on any atom is -0.466 e. The zero-order valence-corrected chi connectivity index (χ0v) is 8.69. The maximum Gasteiger partial charge on any atom is 0.302 e. The van der Waals surface area contributed by atoms with Crippen LogP contribution in [-0.4, -0.2) is 23.5 Å². The molecule has 1 rings (SSSR count). The monoisotopic (exact) mass is 202 g/mol. The van der Waals surface area contributed by atoms with Crippen LogP contribution in [0.3, 0.4) is 0 Å². The molecule has 0 aromatic heterocycles. The first-order chi connectivity index (χ1) is 6.11. The number of thioether (sulfide) groups is 1. The average molecular weight is 202 g/mol. The molecule has 0 aliphatic carbocycles. The van der Waals surface area contributed by atoms with Crippen LogP contribution in [0.4, 0.5) is 0 Å². The third-order valence-corrected chi connectivity index (χ3v) is 3.10. The van der Waals surface area contributed by atoms with Gasteiger partial charge in [-0.05, 0) is 6.92 Å². The summed E-state index contributed by atoms with van der Waals surface area (Å²) in [5, 5.41) is 1.70. The zero-order chi connectivity index (χ0) is 9.84. The van der Waals surface area contributed by atoms with Crippen molar-refractivity contribution in [1.82, 2.24) is 5.01 Å². The summed E-state index contributed by atoms with van der Waals surface area (Å²) in [5.41, 5.74) is 1.08. The Labute approximate surface area is 82.1 Å². The Hall–Kier alpha value is -0.680. The largest absolute Gasteiger partial charge is 0.466 e. The van der Waals surface area contributed by atoms with E-state index < -0.39 is 0 Å². The van der Waals surface area contributed by atoms with Crippen molar-refractivity contribution in [3.8, 4) is 0 Å². The lowest BCUT2D eigenvalue weighted by Gasteiger charge is -2.09. The number of nitrogens with two attached hydrogens (primary N) is 1. The fourth-order valence-corrected chi connectivity index (χ4v) is 2.09. The van der Waals surface area contributed by atoms with Gasteiger partial charge in [0, 0.05) is 23.9 Å². The molecule has 0 fully saturated rings. The number of nitrogens with zero attached hydrogens (tertiary/aromatic N) is 1. The highest BCUT2D eigenvalue weighted by Gasteiger charge is 2.16. The summed E-state index contributed by atoms with van der Waals surface area (Å²) < 4.78 is 4.84. The molecule has 1 aliphatic rings.